The molecule has 0 fully saturated rings. The number of nitrogens with zero attached hydrogens (tertiary/aromatic N) is 1. The molecule has 0 heterocycles. The van der Waals surface area contributed by atoms with Gasteiger partial charge in [-0.15, -0.1) is 0 Å². The summed E-state index contributed by atoms with van der Waals surface area (Å²) < 4.78 is 5.52. The van der Waals surface area contributed by atoms with E-state index < -0.39 is 4.92 Å². The molecule has 19 heavy (non-hydrogen) atoms. The second kappa shape index (κ2) is 5.69. The summed E-state index contributed by atoms with van der Waals surface area (Å²) in [4.78, 5) is 10.2. The van der Waals surface area contributed by atoms with Crippen LogP contribution in [0.1, 0.15) is 5.56 Å². The summed E-state index contributed by atoms with van der Waals surface area (Å²) in [5, 5.41) is 11.2. The minimum absolute atomic E-state index is 0.0258. The highest BCUT2D eigenvalue weighted by molar-refractivity contribution is 6.31. The van der Waals surface area contributed by atoms with Gasteiger partial charge in [0.2, 0.25) is 0 Å². The maximum Gasteiger partial charge on any atom is 0.273 e. The molecule has 0 saturated carbocycles. The third-order valence-electron chi connectivity index (χ3n) is 2.51. The molecule has 2 aromatic rings. The molecule has 0 radical (unpaired) electrons. The molecule has 0 aromatic heterocycles. The van der Waals surface area contributed by atoms with Crippen molar-refractivity contribution in [3.8, 4) is 11.5 Å². The van der Waals surface area contributed by atoms with Crippen LogP contribution in [0.2, 0.25) is 5.02 Å². The zero-order valence-corrected chi connectivity index (χ0v) is 10.6. The molecule has 0 aliphatic carbocycles. The SMILES string of the molecule is NCc1ccc(Oc2cccc([N+](=O)[O-])c2)cc1Cl. The third-order valence-corrected chi connectivity index (χ3v) is 2.86. The van der Waals surface area contributed by atoms with Crippen LogP contribution in [0.5, 0.6) is 11.5 Å². The third kappa shape index (κ3) is 3.21. The number of ether oxygens (including phenoxy) is 1. The lowest BCUT2D eigenvalue weighted by atomic mass is 10.2. The summed E-state index contributed by atoms with van der Waals surface area (Å²) >= 11 is 6.01. The number of nitrogens with two attached hydrogens (primary N) is 1. The largest absolute Gasteiger partial charge is 0.457 e. The van der Waals surface area contributed by atoms with Crippen LogP contribution in [0.25, 0.3) is 0 Å². The van der Waals surface area contributed by atoms with Gasteiger partial charge in [0, 0.05) is 17.6 Å². The van der Waals surface area contributed by atoms with E-state index in [1.54, 1.807) is 30.3 Å². The number of rotatable bonds is 4. The number of hydrogen-bond acceptors (Lipinski definition) is 4. The number of nitro groups is 1. The van der Waals surface area contributed by atoms with E-state index in [1.807, 2.05) is 0 Å². The molecule has 0 spiro atoms. The number of benzene rings is 2. The van der Waals surface area contributed by atoms with Crippen molar-refractivity contribution in [3.05, 3.63) is 63.2 Å². The van der Waals surface area contributed by atoms with Gasteiger partial charge in [-0.1, -0.05) is 23.7 Å². The van der Waals surface area contributed by atoms with Gasteiger partial charge in [0.15, 0.2) is 0 Å². The Morgan fingerprint density at radius 1 is 1.21 bits per heavy atom. The first-order valence-corrected chi connectivity index (χ1v) is 5.89. The van der Waals surface area contributed by atoms with E-state index >= 15 is 0 Å². The van der Waals surface area contributed by atoms with Crippen molar-refractivity contribution in [3.63, 3.8) is 0 Å². The zero-order chi connectivity index (χ0) is 13.8. The normalized spacial score (nSPS) is 10.2. The van der Waals surface area contributed by atoms with Crippen LogP contribution in [0.15, 0.2) is 42.5 Å². The van der Waals surface area contributed by atoms with E-state index in [4.69, 9.17) is 22.1 Å². The van der Waals surface area contributed by atoms with Gasteiger partial charge in [0.1, 0.15) is 11.5 Å². The number of non-ortho nitro benzene ring substituents is 1. The van der Waals surface area contributed by atoms with Crippen LogP contribution < -0.4 is 10.5 Å². The Balaban J connectivity index is 2.23. The van der Waals surface area contributed by atoms with Crippen LogP contribution in [0.3, 0.4) is 0 Å². The van der Waals surface area contributed by atoms with Crippen LogP contribution >= 0.6 is 11.6 Å². The molecule has 5 nitrogen and oxygen atoms in total. The Morgan fingerprint density at radius 3 is 2.58 bits per heavy atom. The second-order valence-corrected chi connectivity index (χ2v) is 4.22. The molecule has 0 aliphatic rings. The van der Waals surface area contributed by atoms with Gasteiger partial charge in [-0.25, -0.2) is 0 Å². The predicted molar refractivity (Wildman–Crippen MR) is 72.5 cm³/mol. The molecule has 0 aliphatic heterocycles. The minimum atomic E-state index is -0.475. The monoisotopic (exact) mass is 278 g/mol. The van der Waals surface area contributed by atoms with Gasteiger partial charge in [-0.3, -0.25) is 10.1 Å². The van der Waals surface area contributed by atoms with E-state index in [-0.39, 0.29) is 5.69 Å². The van der Waals surface area contributed by atoms with Gasteiger partial charge in [0.05, 0.1) is 11.0 Å². The van der Waals surface area contributed by atoms with Crippen LogP contribution in [-0.4, -0.2) is 4.92 Å². The van der Waals surface area contributed by atoms with Gasteiger partial charge in [-0.2, -0.15) is 0 Å². The Labute approximate surface area is 114 Å². The van der Waals surface area contributed by atoms with Gasteiger partial charge in [0.25, 0.3) is 5.69 Å². The van der Waals surface area contributed by atoms with E-state index in [1.165, 1.54) is 12.1 Å². The summed E-state index contributed by atoms with van der Waals surface area (Å²) in [7, 11) is 0. The molecule has 98 valence electrons. The molecule has 0 amide bonds. The molecular weight excluding hydrogens is 268 g/mol. The summed E-state index contributed by atoms with van der Waals surface area (Å²) in [6, 6.07) is 11.0. The fraction of sp³-hybridized carbons (Fsp3) is 0.0769. The fourth-order valence-electron chi connectivity index (χ4n) is 1.55. The lowest BCUT2D eigenvalue weighted by molar-refractivity contribution is -0.384. The Hall–Kier alpha value is -2.11. The standard InChI is InChI=1S/C13H11ClN2O3/c14-13-7-12(5-4-9(13)8-15)19-11-3-1-2-10(6-11)16(17)18/h1-7H,8,15H2. The first-order valence-electron chi connectivity index (χ1n) is 5.51. The van der Waals surface area contributed by atoms with Crippen molar-refractivity contribution in [2.75, 3.05) is 0 Å². The molecular formula is C13H11ClN2O3. The average molecular weight is 279 g/mol. The number of nitro benzene ring substituents is 1. The van der Waals surface area contributed by atoms with E-state index in [2.05, 4.69) is 0 Å². The second-order valence-electron chi connectivity index (χ2n) is 3.81. The number of halogens is 1. The number of hydrogen-bond donors (Lipinski definition) is 1. The first-order chi connectivity index (χ1) is 9.10. The molecule has 0 atom stereocenters. The smallest absolute Gasteiger partial charge is 0.273 e. The highest BCUT2D eigenvalue weighted by Gasteiger charge is 2.08. The molecule has 2 N–H and O–H groups in total. The maximum atomic E-state index is 10.7. The van der Waals surface area contributed by atoms with Crippen LogP contribution in [0.4, 0.5) is 5.69 Å². The van der Waals surface area contributed by atoms with Crippen molar-refractivity contribution in [2.45, 2.75) is 6.54 Å². The maximum absolute atomic E-state index is 10.7. The lowest BCUT2D eigenvalue weighted by Crippen LogP contribution is -1.97. The summed E-state index contributed by atoms with van der Waals surface area (Å²) in [5.41, 5.74) is 6.29. The highest BCUT2D eigenvalue weighted by Crippen LogP contribution is 2.28. The van der Waals surface area contributed by atoms with E-state index in [9.17, 15) is 10.1 Å². The Bertz CT molecular complexity index is 617. The Morgan fingerprint density at radius 2 is 1.95 bits per heavy atom. The molecule has 2 rings (SSSR count). The van der Waals surface area contributed by atoms with Crippen molar-refractivity contribution in [1.29, 1.82) is 0 Å². The topological polar surface area (TPSA) is 78.4 Å². The van der Waals surface area contributed by atoms with Crippen molar-refractivity contribution in [2.24, 2.45) is 5.73 Å². The average Bonchev–Trinajstić information content (AvgIpc) is 2.39. The summed E-state index contributed by atoms with van der Waals surface area (Å²) in [6.07, 6.45) is 0. The predicted octanol–water partition coefficient (Wildman–Crippen LogP) is 3.50. The molecule has 0 bridgehead atoms. The van der Waals surface area contributed by atoms with Crippen LogP contribution in [0, 0.1) is 10.1 Å². The quantitative estimate of drug-likeness (QED) is 0.686. The summed E-state index contributed by atoms with van der Waals surface area (Å²) in [5.74, 6) is 0.883. The molecule has 0 unspecified atom stereocenters. The van der Waals surface area contributed by atoms with Crippen LogP contribution in [-0.2, 0) is 6.54 Å². The van der Waals surface area contributed by atoms with E-state index in [0.717, 1.165) is 5.56 Å². The van der Waals surface area contributed by atoms with E-state index in [0.29, 0.717) is 23.1 Å². The fourth-order valence-corrected chi connectivity index (χ4v) is 1.80. The van der Waals surface area contributed by atoms with Gasteiger partial charge < -0.3 is 10.5 Å². The molecule has 6 heteroatoms. The van der Waals surface area contributed by atoms with Crippen molar-refractivity contribution in [1.82, 2.24) is 0 Å². The summed E-state index contributed by atoms with van der Waals surface area (Å²) in [6.45, 7) is 0.343. The highest BCUT2D eigenvalue weighted by atomic mass is 35.5. The van der Waals surface area contributed by atoms with Crippen molar-refractivity contribution >= 4 is 17.3 Å². The minimum Gasteiger partial charge on any atom is -0.457 e. The van der Waals surface area contributed by atoms with Crippen molar-refractivity contribution < 1.29 is 9.66 Å². The van der Waals surface area contributed by atoms with Gasteiger partial charge in [-0.05, 0) is 23.8 Å². The Kier molecular flexibility index (Phi) is 3.99. The zero-order valence-electron chi connectivity index (χ0n) is 9.88. The van der Waals surface area contributed by atoms with Gasteiger partial charge >= 0.3 is 0 Å². The molecule has 0 saturated heterocycles. The lowest BCUT2D eigenvalue weighted by Gasteiger charge is -2.07. The molecule has 2 aromatic carbocycles. The first kappa shape index (κ1) is 13.3.